The Labute approximate surface area is 166 Å². The van der Waals surface area contributed by atoms with Crippen LogP contribution < -0.4 is 5.56 Å². The average Bonchev–Trinajstić information content (AvgIpc) is 3.47. The van der Waals surface area contributed by atoms with E-state index >= 15 is 0 Å². The van der Waals surface area contributed by atoms with Gasteiger partial charge in [-0.1, -0.05) is 53.3 Å². The highest BCUT2D eigenvalue weighted by Gasteiger charge is 2.15. The molecule has 0 fully saturated rings. The van der Waals surface area contributed by atoms with Crippen LogP contribution in [0.15, 0.2) is 68.4 Å². The number of aromatic nitrogens is 6. The van der Waals surface area contributed by atoms with Gasteiger partial charge in [-0.3, -0.25) is 4.79 Å². The molecule has 10 heteroatoms. The van der Waals surface area contributed by atoms with Crippen molar-refractivity contribution >= 4 is 28.6 Å². The maximum Gasteiger partial charge on any atom is 0.290 e. The number of aromatic amines is 1. The molecule has 0 bridgehead atoms. The first-order chi connectivity index (χ1) is 13.8. The number of hydrogen-bond donors (Lipinski definition) is 1. The Morgan fingerprint density at radius 3 is 2.89 bits per heavy atom. The monoisotopic (exact) mass is 408 g/mol. The van der Waals surface area contributed by atoms with Gasteiger partial charge in [0.1, 0.15) is 11.2 Å². The van der Waals surface area contributed by atoms with Crippen LogP contribution in [0.25, 0.3) is 27.5 Å². The molecule has 8 nitrogen and oxygen atoms in total. The summed E-state index contributed by atoms with van der Waals surface area (Å²) in [5.74, 6) is 1.41. The smallest absolute Gasteiger partial charge is 0.290 e. The second-order valence-corrected chi connectivity index (χ2v) is 7.70. The zero-order chi connectivity index (χ0) is 18.9. The molecule has 0 atom stereocenters. The van der Waals surface area contributed by atoms with E-state index in [1.807, 2.05) is 47.8 Å². The zero-order valence-corrected chi connectivity index (χ0v) is 15.9. The highest BCUT2D eigenvalue weighted by molar-refractivity contribution is 7.98. The third-order valence-corrected chi connectivity index (χ3v) is 5.78. The van der Waals surface area contributed by atoms with Crippen molar-refractivity contribution in [1.29, 1.82) is 0 Å². The molecule has 4 aromatic heterocycles. The highest BCUT2D eigenvalue weighted by Crippen LogP contribution is 2.26. The number of H-pyrrole nitrogens is 1. The quantitative estimate of drug-likeness (QED) is 0.444. The van der Waals surface area contributed by atoms with E-state index in [1.54, 1.807) is 21.9 Å². The van der Waals surface area contributed by atoms with Crippen molar-refractivity contribution in [3.05, 3.63) is 70.2 Å². The third kappa shape index (κ3) is 3.12. The third-order valence-electron chi connectivity index (χ3n) is 3.97. The molecule has 1 aromatic carbocycles. The van der Waals surface area contributed by atoms with Gasteiger partial charge in [0.25, 0.3) is 5.56 Å². The van der Waals surface area contributed by atoms with Gasteiger partial charge in [0.2, 0.25) is 16.9 Å². The molecule has 5 aromatic rings. The van der Waals surface area contributed by atoms with E-state index in [0.717, 1.165) is 16.1 Å². The first-order valence-electron chi connectivity index (χ1n) is 8.31. The zero-order valence-electron chi connectivity index (χ0n) is 14.3. The molecule has 5 rings (SSSR count). The number of nitrogens with one attached hydrogen (secondary N) is 1. The number of thioether (sulfide) groups is 1. The lowest BCUT2D eigenvalue weighted by Gasteiger charge is -2.00. The SMILES string of the molecule is O=c1[nH]nc(SCc2nc(-c3ccccc3)no2)n2nc(-c3cccs3)cc12. The summed E-state index contributed by atoms with van der Waals surface area (Å²) in [6, 6.07) is 15.3. The Morgan fingerprint density at radius 1 is 1.18 bits per heavy atom. The molecule has 0 aliphatic heterocycles. The van der Waals surface area contributed by atoms with Gasteiger partial charge in [-0.05, 0) is 17.5 Å². The van der Waals surface area contributed by atoms with E-state index in [9.17, 15) is 4.79 Å². The molecule has 1 N–H and O–H groups in total. The van der Waals surface area contributed by atoms with E-state index in [-0.39, 0.29) is 5.56 Å². The predicted octanol–water partition coefficient (Wildman–Crippen LogP) is 3.49. The molecule has 28 heavy (non-hydrogen) atoms. The maximum absolute atomic E-state index is 12.1. The normalized spacial score (nSPS) is 11.3. The Hall–Kier alpha value is -3.24. The van der Waals surface area contributed by atoms with Gasteiger partial charge in [0.15, 0.2) is 0 Å². The van der Waals surface area contributed by atoms with Crippen LogP contribution in [0.5, 0.6) is 0 Å². The van der Waals surface area contributed by atoms with Crippen LogP contribution in [0.4, 0.5) is 0 Å². The van der Waals surface area contributed by atoms with Gasteiger partial charge < -0.3 is 4.52 Å². The van der Waals surface area contributed by atoms with Crippen molar-refractivity contribution in [2.45, 2.75) is 10.9 Å². The van der Waals surface area contributed by atoms with Crippen LogP contribution in [0, 0.1) is 0 Å². The van der Waals surface area contributed by atoms with E-state index in [2.05, 4.69) is 25.4 Å². The lowest BCUT2D eigenvalue weighted by molar-refractivity contribution is 0.391. The van der Waals surface area contributed by atoms with E-state index < -0.39 is 0 Å². The Bertz CT molecular complexity index is 1290. The fourth-order valence-corrected chi connectivity index (χ4v) is 4.10. The minimum absolute atomic E-state index is 0.288. The summed E-state index contributed by atoms with van der Waals surface area (Å²) in [5, 5.41) is 17.7. The average molecular weight is 408 g/mol. The van der Waals surface area contributed by atoms with Crippen molar-refractivity contribution in [3.63, 3.8) is 0 Å². The molecule has 0 radical (unpaired) electrons. The minimum Gasteiger partial charge on any atom is -0.338 e. The molecular formula is C18H12N6O2S2. The van der Waals surface area contributed by atoms with Crippen LogP contribution in [-0.4, -0.2) is 30.0 Å². The Morgan fingerprint density at radius 2 is 2.07 bits per heavy atom. The minimum atomic E-state index is -0.288. The lowest BCUT2D eigenvalue weighted by atomic mass is 10.2. The molecule has 0 spiro atoms. The van der Waals surface area contributed by atoms with E-state index in [4.69, 9.17) is 4.52 Å². The first-order valence-corrected chi connectivity index (χ1v) is 10.2. The summed E-state index contributed by atoms with van der Waals surface area (Å²) in [6.45, 7) is 0. The maximum atomic E-state index is 12.1. The van der Waals surface area contributed by atoms with Crippen molar-refractivity contribution < 1.29 is 4.52 Å². The van der Waals surface area contributed by atoms with Crippen LogP contribution in [0.2, 0.25) is 0 Å². The predicted molar refractivity (Wildman–Crippen MR) is 106 cm³/mol. The summed E-state index contributed by atoms with van der Waals surface area (Å²) in [4.78, 5) is 17.5. The highest BCUT2D eigenvalue weighted by atomic mass is 32.2. The number of rotatable bonds is 5. The van der Waals surface area contributed by atoms with Crippen LogP contribution in [-0.2, 0) is 5.75 Å². The van der Waals surface area contributed by atoms with Crippen molar-refractivity contribution in [3.8, 4) is 22.0 Å². The van der Waals surface area contributed by atoms with Gasteiger partial charge in [0.05, 0.1) is 10.6 Å². The largest absolute Gasteiger partial charge is 0.338 e. The van der Waals surface area contributed by atoms with Crippen molar-refractivity contribution in [1.82, 2.24) is 30.0 Å². The van der Waals surface area contributed by atoms with Gasteiger partial charge in [-0.15, -0.1) is 16.4 Å². The topological polar surface area (TPSA) is 102 Å². The summed E-state index contributed by atoms with van der Waals surface area (Å²) >= 11 is 2.92. The second kappa shape index (κ2) is 7.06. The standard InChI is InChI=1S/C18H12N6O2S2/c25-17-13-9-12(14-7-4-8-27-14)22-24(13)18(21-20-17)28-10-15-19-16(23-26-15)11-5-2-1-3-6-11/h1-9H,10H2,(H,20,25). The number of fused-ring (bicyclic) bond motifs is 1. The molecule has 0 unspecified atom stereocenters. The fourth-order valence-electron chi connectivity index (χ4n) is 2.67. The molecule has 0 aliphatic carbocycles. The molecular weight excluding hydrogens is 396 g/mol. The van der Waals surface area contributed by atoms with Gasteiger partial charge in [0, 0.05) is 5.56 Å². The molecule has 0 saturated heterocycles. The fraction of sp³-hybridized carbons (Fsp3) is 0.0556. The van der Waals surface area contributed by atoms with Crippen LogP contribution in [0.1, 0.15) is 5.89 Å². The van der Waals surface area contributed by atoms with Crippen LogP contribution in [0.3, 0.4) is 0 Å². The van der Waals surface area contributed by atoms with Gasteiger partial charge in [-0.25, -0.2) is 9.61 Å². The molecule has 138 valence electrons. The molecule has 4 heterocycles. The van der Waals surface area contributed by atoms with Crippen LogP contribution >= 0.6 is 23.1 Å². The summed E-state index contributed by atoms with van der Waals surface area (Å²) in [6.07, 6.45) is 0. The number of benzene rings is 1. The number of thiophene rings is 1. The van der Waals surface area contributed by atoms with Crippen molar-refractivity contribution in [2.75, 3.05) is 0 Å². The van der Waals surface area contributed by atoms with E-state index in [1.165, 1.54) is 11.8 Å². The van der Waals surface area contributed by atoms with Crippen molar-refractivity contribution in [2.24, 2.45) is 0 Å². The number of hydrogen-bond acceptors (Lipinski definition) is 8. The lowest BCUT2D eigenvalue weighted by Crippen LogP contribution is -2.13. The van der Waals surface area contributed by atoms with E-state index in [0.29, 0.717) is 28.1 Å². The molecule has 0 saturated carbocycles. The Kier molecular flexibility index (Phi) is 4.26. The van der Waals surface area contributed by atoms with Gasteiger partial charge in [-0.2, -0.15) is 10.1 Å². The second-order valence-electron chi connectivity index (χ2n) is 5.81. The summed E-state index contributed by atoms with van der Waals surface area (Å²) in [7, 11) is 0. The molecule has 0 aliphatic rings. The summed E-state index contributed by atoms with van der Waals surface area (Å²) in [5.41, 5.74) is 1.78. The molecule has 0 amide bonds. The Balaban J connectivity index is 1.42. The number of nitrogens with zero attached hydrogens (tertiary/aromatic N) is 5. The van der Waals surface area contributed by atoms with Gasteiger partial charge >= 0.3 is 0 Å². The summed E-state index contributed by atoms with van der Waals surface area (Å²) < 4.78 is 6.88. The first kappa shape index (κ1) is 16.9.